The van der Waals surface area contributed by atoms with Gasteiger partial charge in [-0.25, -0.2) is 4.39 Å². The van der Waals surface area contributed by atoms with Gasteiger partial charge in [0, 0.05) is 5.69 Å². The van der Waals surface area contributed by atoms with Crippen molar-refractivity contribution in [3.63, 3.8) is 0 Å². The third kappa shape index (κ3) is 2.72. The van der Waals surface area contributed by atoms with Gasteiger partial charge < -0.3 is 5.32 Å². The number of halogens is 1. The third-order valence-corrected chi connectivity index (χ3v) is 3.33. The lowest BCUT2D eigenvalue weighted by atomic mass is 10.1. The average Bonchev–Trinajstić information content (AvgIpc) is 2.54. The van der Waals surface area contributed by atoms with Gasteiger partial charge in [-0.1, -0.05) is 42.5 Å². The number of ketones is 1. The number of Topliss-reactive ketones (excluding diaryl/α,β-unsaturated/α-hetero) is 1. The van der Waals surface area contributed by atoms with Crippen molar-refractivity contribution in [1.29, 1.82) is 0 Å². The molecule has 0 bridgehead atoms. The van der Waals surface area contributed by atoms with Gasteiger partial charge >= 0.3 is 0 Å². The molecule has 0 fully saturated rings. The SMILES string of the molecule is O=C(Nc1ccc2ccccc2c1)C(=O)c1ccccc1F. The maximum Gasteiger partial charge on any atom is 0.296 e. The molecule has 3 rings (SSSR count). The van der Waals surface area contributed by atoms with Crippen LogP contribution >= 0.6 is 0 Å². The topological polar surface area (TPSA) is 46.2 Å². The van der Waals surface area contributed by atoms with Crippen LogP contribution in [0.25, 0.3) is 10.8 Å². The number of carbonyl (C=O) groups excluding carboxylic acids is 2. The Morgan fingerprint density at radius 3 is 2.27 bits per heavy atom. The van der Waals surface area contributed by atoms with Gasteiger partial charge in [0.1, 0.15) is 5.82 Å². The van der Waals surface area contributed by atoms with E-state index >= 15 is 0 Å². The summed E-state index contributed by atoms with van der Waals surface area (Å²) in [5.74, 6) is -2.46. The molecule has 0 unspecified atom stereocenters. The Hall–Kier alpha value is -3.01. The molecule has 3 aromatic rings. The molecule has 1 amide bonds. The summed E-state index contributed by atoms with van der Waals surface area (Å²) in [6.07, 6.45) is 0. The van der Waals surface area contributed by atoms with E-state index in [2.05, 4.69) is 5.32 Å². The Labute approximate surface area is 126 Å². The summed E-state index contributed by atoms with van der Waals surface area (Å²) in [4.78, 5) is 24.0. The zero-order valence-electron chi connectivity index (χ0n) is 11.5. The molecule has 0 atom stereocenters. The minimum Gasteiger partial charge on any atom is -0.319 e. The van der Waals surface area contributed by atoms with Gasteiger partial charge in [0.25, 0.3) is 11.7 Å². The summed E-state index contributed by atoms with van der Waals surface area (Å²) in [6.45, 7) is 0. The van der Waals surface area contributed by atoms with Gasteiger partial charge in [-0.05, 0) is 35.0 Å². The highest BCUT2D eigenvalue weighted by atomic mass is 19.1. The smallest absolute Gasteiger partial charge is 0.296 e. The number of hydrogen-bond donors (Lipinski definition) is 1. The molecule has 0 saturated carbocycles. The lowest BCUT2D eigenvalue weighted by Crippen LogP contribution is -2.23. The van der Waals surface area contributed by atoms with Gasteiger partial charge in [0.05, 0.1) is 5.56 Å². The molecule has 0 heterocycles. The van der Waals surface area contributed by atoms with E-state index in [4.69, 9.17) is 0 Å². The van der Waals surface area contributed by atoms with Crippen LogP contribution in [0.4, 0.5) is 10.1 Å². The van der Waals surface area contributed by atoms with E-state index in [0.29, 0.717) is 5.69 Å². The maximum absolute atomic E-state index is 13.5. The zero-order chi connectivity index (χ0) is 15.5. The number of benzene rings is 3. The number of amides is 1. The van der Waals surface area contributed by atoms with Crippen LogP contribution < -0.4 is 5.32 Å². The molecule has 0 aliphatic carbocycles. The average molecular weight is 293 g/mol. The molecule has 0 saturated heterocycles. The molecule has 3 nitrogen and oxygen atoms in total. The van der Waals surface area contributed by atoms with E-state index < -0.39 is 17.5 Å². The van der Waals surface area contributed by atoms with Crippen molar-refractivity contribution < 1.29 is 14.0 Å². The lowest BCUT2D eigenvalue weighted by Gasteiger charge is -2.06. The van der Waals surface area contributed by atoms with Gasteiger partial charge in [-0.2, -0.15) is 0 Å². The van der Waals surface area contributed by atoms with Crippen molar-refractivity contribution in [2.45, 2.75) is 0 Å². The number of fused-ring (bicyclic) bond motifs is 1. The first-order valence-electron chi connectivity index (χ1n) is 6.74. The third-order valence-electron chi connectivity index (χ3n) is 3.33. The predicted molar refractivity (Wildman–Crippen MR) is 83.3 cm³/mol. The number of nitrogens with one attached hydrogen (secondary N) is 1. The van der Waals surface area contributed by atoms with Crippen LogP contribution in [-0.2, 0) is 4.79 Å². The highest BCUT2D eigenvalue weighted by molar-refractivity contribution is 6.46. The van der Waals surface area contributed by atoms with E-state index in [0.717, 1.165) is 16.8 Å². The largest absolute Gasteiger partial charge is 0.319 e. The Morgan fingerprint density at radius 1 is 0.818 bits per heavy atom. The van der Waals surface area contributed by atoms with Crippen LogP contribution in [0.2, 0.25) is 0 Å². The fraction of sp³-hybridized carbons (Fsp3) is 0. The Morgan fingerprint density at radius 2 is 1.50 bits per heavy atom. The predicted octanol–water partition coefficient (Wildman–Crippen LogP) is 3.80. The molecular weight excluding hydrogens is 281 g/mol. The second-order valence-corrected chi connectivity index (χ2v) is 4.83. The molecule has 3 aromatic carbocycles. The Kier molecular flexibility index (Phi) is 3.66. The first kappa shape index (κ1) is 13.9. The van der Waals surface area contributed by atoms with E-state index in [9.17, 15) is 14.0 Å². The summed E-state index contributed by atoms with van der Waals surface area (Å²) in [7, 11) is 0. The maximum atomic E-state index is 13.5. The number of anilines is 1. The standard InChI is InChI=1S/C18H12FNO2/c19-16-8-4-3-7-15(16)17(21)18(22)20-14-10-9-12-5-1-2-6-13(12)11-14/h1-11H,(H,20,22). The fourth-order valence-corrected chi connectivity index (χ4v) is 2.22. The van der Waals surface area contributed by atoms with Crippen LogP contribution in [0.5, 0.6) is 0 Å². The number of hydrogen-bond acceptors (Lipinski definition) is 2. The Balaban J connectivity index is 1.83. The van der Waals surface area contributed by atoms with E-state index in [1.807, 2.05) is 30.3 Å². The van der Waals surface area contributed by atoms with Crippen molar-refractivity contribution in [2.75, 3.05) is 5.32 Å². The monoisotopic (exact) mass is 293 g/mol. The second kappa shape index (κ2) is 5.77. The van der Waals surface area contributed by atoms with Crippen molar-refractivity contribution >= 4 is 28.2 Å². The van der Waals surface area contributed by atoms with Gasteiger partial charge in [0.2, 0.25) is 0 Å². The molecule has 0 aliphatic rings. The summed E-state index contributed by atoms with van der Waals surface area (Å²) in [6, 6.07) is 18.4. The molecule has 22 heavy (non-hydrogen) atoms. The Bertz CT molecular complexity index is 874. The molecule has 1 N–H and O–H groups in total. The lowest BCUT2D eigenvalue weighted by molar-refractivity contribution is -0.112. The van der Waals surface area contributed by atoms with Crippen LogP contribution in [0.1, 0.15) is 10.4 Å². The first-order chi connectivity index (χ1) is 10.6. The van der Waals surface area contributed by atoms with Crippen molar-refractivity contribution in [1.82, 2.24) is 0 Å². The molecule has 0 spiro atoms. The second-order valence-electron chi connectivity index (χ2n) is 4.83. The van der Waals surface area contributed by atoms with E-state index in [-0.39, 0.29) is 5.56 Å². The summed E-state index contributed by atoms with van der Waals surface area (Å²) >= 11 is 0. The van der Waals surface area contributed by atoms with Crippen molar-refractivity contribution in [3.05, 3.63) is 78.1 Å². The zero-order valence-corrected chi connectivity index (χ0v) is 11.5. The normalized spacial score (nSPS) is 10.4. The summed E-state index contributed by atoms with van der Waals surface area (Å²) < 4.78 is 13.5. The van der Waals surface area contributed by atoms with Crippen LogP contribution in [-0.4, -0.2) is 11.7 Å². The van der Waals surface area contributed by atoms with Crippen molar-refractivity contribution in [3.8, 4) is 0 Å². The highest BCUT2D eigenvalue weighted by Crippen LogP contribution is 2.19. The molecule has 0 radical (unpaired) electrons. The van der Waals surface area contributed by atoms with Gasteiger partial charge in [-0.3, -0.25) is 9.59 Å². The highest BCUT2D eigenvalue weighted by Gasteiger charge is 2.19. The molecule has 0 aromatic heterocycles. The molecule has 4 heteroatoms. The molecule has 108 valence electrons. The quantitative estimate of drug-likeness (QED) is 0.589. The van der Waals surface area contributed by atoms with Gasteiger partial charge in [0.15, 0.2) is 0 Å². The summed E-state index contributed by atoms with van der Waals surface area (Å²) in [5.41, 5.74) is 0.258. The van der Waals surface area contributed by atoms with Gasteiger partial charge in [-0.15, -0.1) is 0 Å². The fourth-order valence-electron chi connectivity index (χ4n) is 2.22. The van der Waals surface area contributed by atoms with Crippen molar-refractivity contribution in [2.24, 2.45) is 0 Å². The van der Waals surface area contributed by atoms with E-state index in [1.165, 1.54) is 18.2 Å². The van der Waals surface area contributed by atoms with Crippen LogP contribution in [0.15, 0.2) is 66.7 Å². The molecule has 0 aliphatic heterocycles. The minimum absolute atomic E-state index is 0.235. The minimum atomic E-state index is -0.897. The molecular formula is C18H12FNO2. The van der Waals surface area contributed by atoms with Crippen LogP contribution in [0, 0.1) is 5.82 Å². The number of rotatable bonds is 3. The summed E-state index contributed by atoms with van der Waals surface area (Å²) in [5, 5.41) is 4.48. The number of carbonyl (C=O) groups is 2. The van der Waals surface area contributed by atoms with E-state index in [1.54, 1.807) is 12.1 Å². The van der Waals surface area contributed by atoms with Crippen LogP contribution in [0.3, 0.4) is 0 Å². The first-order valence-corrected chi connectivity index (χ1v) is 6.74.